The first kappa shape index (κ1) is 18.5. The van der Waals surface area contributed by atoms with Crippen molar-refractivity contribution in [1.29, 1.82) is 0 Å². The maximum Gasteiger partial charge on any atom is 0.271 e. The van der Waals surface area contributed by atoms with Crippen LogP contribution in [0.25, 0.3) is 0 Å². The lowest BCUT2D eigenvalue weighted by atomic mass is 9.91. The van der Waals surface area contributed by atoms with E-state index in [9.17, 15) is 4.79 Å². The zero-order valence-electron chi connectivity index (χ0n) is 15.7. The summed E-state index contributed by atoms with van der Waals surface area (Å²) in [6, 6.07) is 8.05. The second kappa shape index (κ2) is 8.02. The van der Waals surface area contributed by atoms with Gasteiger partial charge in [0, 0.05) is 24.1 Å². The molecule has 1 aromatic carbocycles. The number of ether oxygens (including phenoxy) is 1. The Morgan fingerprint density at radius 1 is 1.14 bits per heavy atom. The van der Waals surface area contributed by atoms with Crippen LogP contribution >= 0.6 is 0 Å². The van der Waals surface area contributed by atoms with Crippen molar-refractivity contribution in [2.75, 3.05) is 17.2 Å². The predicted octanol–water partition coefficient (Wildman–Crippen LogP) is 2.19. The molecule has 1 aliphatic heterocycles. The van der Waals surface area contributed by atoms with Crippen LogP contribution in [0.1, 0.15) is 54.2 Å². The van der Waals surface area contributed by atoms with Crippen LogP contribution in [0, 0.1) is 0 Å². The van der Waals surface area contributed by atoms with E-state index in [-0.39, 0.29) is 23.8 Å². The number of nitrogens with two attached hydrogens (primary N) is 2. The Kier molecular flexibility index (Phi) is 5.29. The number of anilines is 2. The topological polar surface area (TPSA) is 128 Å². The van der Waals surface area contributed by atoms with Gasteiger partial charge in [0.25, 0.3) is 5.91 Å². The Labute approximate surface area is 164 Å². The number of primary amides is 1. The van der Waals surface area contributed by atoms with E-state index in [1.54, 1.807) is 6.20 Å². The number of hydrogen-bond acceptors (Lipinski definition) is 7. The quantitative estimate of drug-likeness (QED) is 0.624. The van der Waals surface area contributed by atoms with Gasteiger partial charge in [-0.1, -0.05) is 31.0 Å². The van der Waals surface area contributed by atoms with E-state index in [1.165, 1.54) is 0 Å². The lowest BCUT2D eigenvalue weighted by Crippen LogP contribution is -2.42. The maximum absolute atomic E-state index is 11.9. The summed E-state index contributed by atoms with van der Waals surface area (Å²) in [5.74, 6) is 1.19. The van der Waals surface area contributed by atoms with Crippen molar-refractivity contribution in [2.24, 2.45) is 11.5 Å². The van der Waals surface area contributed by atoms with E-state index in [1.807, 2.05) is 24.3 Å². The smallest absolute Gasteiger partial charge is 0.271 e. The molecule has 6 N–H and O–H groups in total. The molecule has 4 rings (SSSR count). The fourth-order valence-electron chi connectivity index (χ4n) is 3.93. The molecule has 2 heterocycles. The van der Waals surface area contributed by atoms with Crippen LogP contribution < -0.4 is 26.8 Å². The van der Waals surface area contributed by atoms with Crippen LogP contribution in [0.3, 0.4) is 0 Å². The van der Waals surface area contributed by atoms with Crippen molar-refractivity contribution in [3.05, 3.63) is 41.7 Å². The first-order valence-corrected chi connectivity index (χ1v) is 9.79. The highest BCUT2D eigenvalue weighted by Gasteiger charge is 2.25. The van der Waals surface area contributed by atoms with Gasteiger partial charge in [0.1, 0.15) is 11.6 Å². The molecular weight excluding hydrogens is 356 g/mol. The first-order valence-electron chi connectivity index (χ1n) is 9.79. The molecule has 1 unspecified atom stereocenters. The zero-order chi connectivity index (χ0) is 19.5. The Hall–Kier alpha value is -2.87. The summed E-state index contributed by atoms with van der Waals surface area (Å²) in [6.07, 6.45) is 6.58. The van der Waals surface area contributed by atoms with Gasteiger partial charge in [0.2, 0.25) is 0 Å². The Balaban J connectivity index is 1.59. The number of fused-ring (bicyclic) bond motifs is 1. The van der Waals surface area contributed by atoms with Crippen molar-refractivity contribution < 1.29 is 9.53 Å². The molecule has 0 spiro atoms. The van der Waals surface area contributed by atoms with Crippen molar-refractivity contribution in [1.82, 2.24) is 9.97 Å². The number of carbonyl (C=O) groups excluding carboxylic acids is 1. The van der Waals surface area contributed by atoms with E-state index in [4.69, 9.17) is 16.2 Å². The largest absolute Gasteiger partial charge is 0.493 e. The van der Waals surface area contributed by atoms with Crippen molar-refractivity contribution in [3.63, 3.8) is 0 Å². The summed E-state index contributed by atoms with van der Waals surface area (Å²) in [5, 5.41) is 6.73. The molecule has 1 saturated carbocycles. The van der Waals surface area contributed by atoms with Gasteiger partial charge in [-0.05, 0) is 18.9 Å². The van der Waals surface area contributed by atoms with Crippen LogP contribution in [0.4, 0.5) is 11.6 Å². The summed E-state index contributed by atoms with van der Waals surface area (Å²) >= 11 is 0. The lowest BCUT2D eigenvalue weighted by Gasteiger charge is -2.30. The number of carbonyl (C=O) groups is 1. The van der Waals surface area contributed by atoms with Crippen LogP contribution in [-0.4, -0.2) is 34.6 Å². The molecule has 0 saturated heterocycles. The Morgan fingerprint density at radius 2 is 1.96 bits per heavy atom. The summed E-state index contributed by atoms with van der Waals surface area (Å²) < 4.78 is 5.71. The van der Waals surface area contributed by atoms with E-state index in [2.05, 4.69) is 20.6 Å². The molecule has 1 fully saturated rings. The third kappa shape index (κ3) is 3.87. The molecule has 2 aromatic rings. The summed E-state index contributed by atoms with van der Waals surface area (Å²) in [4.78, 5) is 20.7. The van der Waals surface area contributed by atoms with Gasteiger partial charge >= 0.3 is 0 Å². The number of hydrogen-bond donors (Lipinski definition) is 4. The van der Waals surface area contributed by atoms with Gasteiger partial charge in [-0.25, -0.2) is 9.97 Å². The van der Waals surface area contributed by atoms with Gasteiger partial charge in [-0.3, -0.25) is 4.79 Å². The summed E-state index contributed by atoms with van der Waals surface area (Å²) in [7, 11) is 0. The molecule has 8 heteroatoms. The number of benzene rings is 1. The van der Waals surface area contributed by atoms with Crippen LogP contribution in [0.5, 0.6) is 5.75 Å². The van der Waals surface area contributed by atoms with Gasteiger partial charge in [0.05, 0.1) is 18.8 Å². The van der Waals surface area contributed by atoms with Gasteiger partial charge in [-0.2, -0.15) is 0 Å². The van der Waals surface area contributed by atoms with Gasteiger partial charge in [0.15, 0.2) is 11.5 Å². The number of rotatable bonds is 5. The molecule has 2 aliphatic rings. The number of nitrogens with zero attached hydrogens (tertiary/aromatic N) is 2. The van der Waals surface area contributed by atoms with Crippen LogP contribution in [0.15, 0.2) is 30.5 Å². The van der Waals surface area contributed by atoms with Crippen molar-refractivity contribution in [3.8, 4) is 5.75 Å². The number of para-hydroxylation sites is 1. The predicted molar refractivity (Wildman–Crippen MR) is 107 cm³/mol. The highest BCUT2D eigenvalue weighted by atomic mass is 16.5. The standard InChI is InChI=1S/C20H26N6O2/c21-13-6-2-3-7-15(13)24-17-11-23-18(19(22)27)20(26-17)25-14-9-10-28-16-8-4-1-5-12(14)16/h1,4-5,8,11,13-15H,2-3,6-7,9-10,21H2,(H2,22,27)(H2,24,25,26)/t13-,14?,15+/m0/s1. The van der Waals surface area contributed by atoms with Gasteiger partial charge in [-0.15, -0.1) is 0 Å². The van der Waals surface area contributed by atoms with E-state index in [0.717, 1.165) is 43.4 Å². The van der Waals surface area contributed by atoms with Gasteiger partial charge < -0.3 is 26.8 Å². The highest BCUT2D eigenvalue weighted by molar-refractivity contribution is 5.95. The molecule has 3 atom stereocenters. The molecule has 1 aromatic heterocycles. The van der Waals surface area contributed by atoms with Crippen molar-refractivity contribution >= 4 is 17.5 Å². The second-order valence-corrected chi connectivity index (χ2v) is 7.39. The highest BCUT2D eigenvalue weighted by Crippen LogP contribution is 2.34. The molecule has 1 amide bonds. The van der Waals surface area contributed by atoms with E-state index >= 15 is 0 Å². The SMILES string of the molecule is NC(=O)c1ncc(N[C@@H]2CCCC[C@@H]2N)nc1NC1CCOc2ccccc21. The molecule has 0 radical (unpaired) electrons. The van der Waals surface area contributed by atoms with E-state index < -0.39 is 5.91 Å². The third-order valence-electron chi connectivity index (χ3n) is 5.43. The fraction of sp³-hybridized carbons (Fsp3) is 0.450. The molecule has 148 valence electrons. The fourth-order valence-corrected chi connectivity index (χ4v) is 3.93. The van der Waals surface area contributed by atoms with Crippen LogP contribution in [-0.2, 0) is 0 Å². The van der Waals surface area contributed by atoms with Crippen LogP contribution in [0.2, 0.25) is 0 Å². The first-order chi connectivity index (χ1) is 13.6. The molecule has 0 bridgehead atoms. The summed E-state index contributed by atoms with van der Waals surface area (Å²) in [6.45, 7) is 0.586. The number of amides is 1. The minimum absolute atomic E-state index is 0.0375. The molecule has 1 aliphatic carbocycles. The maximum atomic E-state index is 11.9. The molecule has 8 nitrogen and oxygen atoms in total. The lowest BCUT2D eigenvalue weighted by molar-refractivity contribution is 0.0996. The normalized spacial score (nSPS) is 24.0. The summed E-state index contributed by atoms with van der Waals surface area (Å²) in [5.41, 5.74) is 12.9. The second-order valence-electron chi connectivity index (χ2n) is 7.39. The Morgan fingerprint density at radius 3 is 2.79 bits per heavy atom. The zero-order valence-corrected chi connectivity index (χ0v) is 15.7. The van der Waals surface area contributed by atoms with E-state index in [0.29, 0.717) is 18.2 Å². The molecule has 28 heavy (non-hydrogen) atoms. The number of aromatic nitrogens is 2. The third-order valence-corrected chi connectivity index (χ3v) is 5.43. The minimum atomic E-state index is -0.615. The monoisotopic (exact) mass is 382 g/mol. The average molecular weight is 382 g/mol. The number of nitrogens with one attached hydrogen (secondary N) is 2. The van der Waals surface area contributed by atoms with Crippen molar-refractivity contribution in [2.45, 2.75) is 50.2 Å². The minimum Gasteiger partial charge on any atom is -0.493 e. The Bertz CT molecular complexity index is 858. The average Bonchev–Trinajstić information content (AvgIpc) is 2.70. The molecular formula is C20H26N6O2.